The molecule has 1 aromatic heterocycles. The van der Waals surface area contributed by atoms with Gasteiger partial charge in [-0.1, -0.05) is 0 Å². The number of nitrogens with zero attached hydrogens (tertiary/aromatic N) is 2. The van der Waals surface area contributed by atoms with Gasteiger partial charge in [0.2, 0.25) is 5.88 Å². The van der Waals surface area contributed by atoms with E-state index in [0.717, 1.165) is 6.07 Å². The van der Waals surface area contributed by atoms with Crippen LogP contribution in [0.2, 0.25) is 0 Å². The van der Waals surface area contributed by atoms with Gasteiger partial charge in [-0.05, 0) is 17.7 Å². The molecule has 0 aliphatic heterocycles. The third-order valence-corrected chi connectivity index (χ3v) is 2.24. The van der Waals surface area contributed by atoms with Gasteiger partial charge in [-0.2, -0.15) is 4.98 Å². The van der Waals surface area contributed by atoms with E-state index < -0.39 is 11.6 Å². The fourth-order valence-corrected chi connectivity index (χ4v) is 1.55. The van der Waals surface area contributed by atoms with Gasteiger partial charge in [-0.15, -0.1) is 0 Å². The highest BCUT2D eigenvalue weighted by molar-refractivity contribution is 5.22. The smallest absolute Gasteiger partial charge is 0.229 e. The minimum Gasteiger partial charge on any atom is -0.492 e. The Hall–Kier alpha value is -1.91. The molecule has 0 aliphatic carbocycles. The minimum atomic E-state index is -0.617. The van der Waals surface area contributed by atoms with Gasteiger partial charge >= 0.3 is 0 Å². The number of hydrogen-bond donors (Lipinski definition) is 1. The number of aryl methyl sites for hydroxylation is 1. The summed E-state index contributed by atoms with van der Waals surface area (Å²) in [7, 11) is 1.71. The molecular formula is C11H10F2N2O. The molecule has 2 aromatic rings. The molecule has 16 heavy (non-hydrogen) atoms. The Morgan fingerprint density at radius 2 is 1.88 bits per heavy atom. The normalized spacial score (nSPS) is 10.7. The topological polar surface area (TPSA) is 38.0 Å². The third-order valence-electron chi connectivity index (χ3n) is 2.24. The van der Waals surface area contributed by atoms with E-state index in [2.05, 4.69) is 4.98 Å². The zero-order valence-electron chi connectivity index (χ0n) is 8.61. The fraction of sp³-hybridized carbons (Fsp3) is 0.182. The molecule has 0 spiro atoms. The van der Waals surface area contributed by atoms with E-state index in [1.165, 1.54) is 18.3 Å². The van der Waals surface area contributed by atoms with Crippen LogP contribution in [0.5, 0.6) is 5.88 Å². The van der Waals surface area contributed by atoms with E-state index in [-0.39, 0.29) is 12.3 Å². The number of imidazole rings is 1. The molecule has 0 saturated heterocycles. The van der Waals surface area contributed by atoms with Gasteiger partial charge in [-0.25, -0.2) is 8.78 Å². The van der Waals surface area contributed by atoms with Crippen molar-refractivity contribution in [2.75, 3.05) is 0 Å². The summed E-state index contributed by atoms with van der Waals surface area (Å²) in [4.78, 5) is 3.84. The molecule has 1 aromatic carbocycles. The Bertz CT molecular complexity index is 502. The number of rotatable bonds is 2. The highest BCUT2D eigenvalue weighted by Crippen LogP contribution is 2.14. The zero-order valence-corrected chi connectivity index (χ0v) is 8.61. The van der Waals surface area contributed by atoms with Gasteiger partial charge in [-0.3, -0.25) is 0 Å². The van der Waals surface area contributed by atoms with E-state index in [1.54, 1.807) is 11.6 Å². The molecule has 0 unspecified atom stereocenters. The van der Waals surface area contributed by atoms with Crippen LogP contribution in [-0.2, 0) is 13.5 Å². The van der Waals surface area contributed by atoms with Gasteiger partial charge in [0.15, 0.2) is 0 Å². The number of halogens is 2. The van der Waals surface area contributed by atoms with Crippen molar-refractivity contribution < 1.29 is 13.9 Å². The highest BCUT2D eigenvalue weighted by Gasteiger charge is 2.07. The first-order chi connectivity index (χ1) is 7.54. The van der Waals surface area contributed by atoms with Crippen LogP contribution in [-0.4, -0.2) is 14.7 Å². The first-order valence-electron chi connectivity index (χ1n) is 4.71. The van der Waals surface area contributed by atoms with Gasteiger partial charge in [0.05, 0.1) is 6.20 Å². The van der Waals surface area contributed by atoms with Gasteiger partial charge < -0.3 is 9.67 Å². The molecule has 0 bridgehead atoms. The fourth-order valence-electron chi connectivity index (χ4n) is 1.55. The molecule has 0 fully saturated rings. The predicted molar refractivity (Wildman–Crippen MR) is 54.0 cm³/mol. The predicted octanol–water partition coefficient (Wildman–Crippen LogP) is 1.99. The second-order valence-electron chi connectivity index (χ2n) is 3.58. The molecule has 5 heteroatoms. The van der Waals surface area contributed by atoms with Crippen LogP contribution in [0.15, 0.2) is 24.4 Å². The van der Waals surface area contributed by atoms with E-state index in [0.29, 0.717) is 11.4 Å². The molecule has 84 valence electrons. The molecule has 0 saturated carbocycles. The van der Waals surface area contributed by atoms with E-state index in [9.17, 15) is 8.78 Å². The van der Waals surface area contributed by atoms with Crippen LogP contribution >= 0.6 is 0 Å². The molecule has 0 aliphatic rings. The molecule has 0 atom stereocenters. The first kappa shape index (κ1) is 10.6. The van der Waals surface area contributed by atoms with E-state index >= 15 is 0 Å². The van der Waals surface area contributed by atoms with Crippen molar-refractivity contribution >= 4 is 0 Å². The van der Waals surface area contributed by atoms with Crippen molar-refractivity contribution in [1.29, 1.82) is 0 Å². The Morgan fingerprint density at radius 3 is 2.38 bits per heavy atom. The van der Waals surface area contributed by atoms with Crippen LogP contribution in [0.4, 0.5) is 8.78 Å². The lowest BCUT2D eigenvalue weighted by atomic mass is 10.1. The maximum Gasteiger partial charge on any atom is 0.229 e. The van der Waals surface area contributed by atoms with Crippen LogP contribution < -0.4 is 0 Å². The summed E-state index contributed by atoms with van der Waals surface area (Å²) in [5.41, 5.74) is 0.478. The van der Waals surface area contributed by atoms with Crippen molar-refractivity contribution in [3.63, 3.8) is 0 Å². The van der Waals surface area contributed by atoms with Crippen molar-refractivity contribution in [3.05, 3.63) is 47.4 Å². The quantitative estimate of drug-likeness (QED) is 0.847. The average molecular weight is 224 g/mol. The molecule has 2 rings (SSSR count). The number of benzene rings is 1. The zero-order chi connectivity index (χ0) is 11.7. The lowest BCUT2D eigenvalue weighted by Crippen LogP contribution is -1.99. The van der Waals surface area contributed by atoms with E-state index in [4.69, 9.17) is 5.11 Å². The third kappa shape index (κ3) is 2.18. The Labute approximate surface area is 91.0 Å². The average Bonchev–Trinajstić information content (AvgIpc) is 2.43. The Morgan fingerprint density at radius 1 is 1.25 bits per heavy atom. The molecular weight excluding hydrogens is 214 g/mol. The Kier molecular flexibility index (Phi) is 2.60. The SMILES string of the molecule is Cn1cc(O)nc1Cc1cc(F)cc(F)c1. The second-order valence-corrected chi connectivity index (χ2v) is 3.58. The molecule has 3 nitrogen and oxygen atoms in total. The summed E-state index contributed by atoms with van der Waals surface area (Å²) in [5.74, 6) is -0.793. The van der Waals surface area contributed by atoms with Crippen LogP contribution in [0.1, 0.15) is 11.4 Å². The van der Waals surface area contributed by atoms with Crippen LogP contribution in [0.25, 0.3) is 0 Å². The summed E-state index contributed by atoms with van der Waals surface area (Å²) in [6, 6.07) is 3.31. The molecule has 0 amide bonds. The molecule has 1 N–H and O–H groups in total. The second kappa shape index (κ2) is 3.92. The van der Waals surface area contributed by atoms with Gasteiger partial charge in [0.1, 0.15) is 17.5 Å². The molecule has 1 heterocycles. The number of aromatic nitrogens is 2. The van der Waals surface area contributed by atoms with E-state index in [1.807, 2.05) is 0 Å². The van der Waals surface area contributed by atoms with Crippen molar-refractivity contribution in [3.8, 4) is 5.88 Å². The summed E-state index contributed by atoms with van der Waals surface area (Å²) in [6.07, 6.45) is 1.71. The van der Waals surface area contributed by atoms with Crippen LogP contribution in [0.3, 0.4) is 0 Å². The van der Waals surface area contributed by atoms with Crippen LogP contribution in [0, 0.1) is 11.6 Å². The maximum absolute atomic E-state index is 12.9. The van der Waals surface area contributed by atoms with Crippen molar-refractivity contribution in [2.24, 2.45) is 7.05 Å². The van der Waals surface area contributed by atoms with Crippen molar-refractivity contribution in [1.82, 2.24) is 9.55 Å². The summed E-state index contributed by atoms with van der Waals surface area (Å²) >= 11 is 0. The van der Waals surface area contributed by atoms with Gasteiger partial charge in [0, 0.05) is 19.5 Å². The number of aromatic hydroxyl groups is 1. The monoisotopic (exact) mass is 224 g/mol. The summed E-state index contributed by atoms with van der Waals surface area (Å²) in [5, 5.41) is 9.14. The number of hydrogen-bond acceptors (Lipinski definition) is 2. The van der Waals surface area contributed by atoms with Gasteiger partial charge in [0.25, 0.3) is 0 Å². The first-order valence-corrected chi connectivity index (χ1v) is 4.71. The minimum absolute atomic E-state index is 0.102. The Balaban J connectivity index is 2.30. The summed E-state index contributed by atoms with van der Waals surface area (Å²) < 4.78 is 27.4. The largest absolute Gasteiger partial charge is 0.492 e. The lowest BCUT2D eigenvalue weighted by Gasteiger charge is -2.02. The lowest BCUT2D eigenvalue weighted by molar-refractivity contribution is 0.455. The highest BCUT2D eigenvalue weighted by atomic mass is 19.1. The van der Waals surface area contributed by atoms with Crippen molar-refractivity contribution in [2.45, 2.75) is 6.42 Å². The maximum atomic E-state index is 12.9. The standard InChI is InChI=1S/C11H10F2N2O/c1-15-6-11(16)14-10(15)4-7-2-8(12)5-9(13)3-7/h2-3,5-6,16H,4H2,1H3. The molecule has 0 radical (unpaired) electrons. The summed E-state index contributed by atoms with van der Waals surface area (Å²) in [6.45, 7) is 0.